The molecule has 1 aliphatic carbocycles. The Labute approximate surface area is 118 Å². The molecule has 0 bridgehead atoms. The van der Waals surface area contributed by atoms with Crippen LogP contribution in [-0.4, -0.2) is 19.2 Å². The van der Waals surface area contributed by atoms with Crippen LogP contribution in [-0.2, 0) is 15.1 Å². The van der Waals surface area contributed by atoms with E-state index in [4.69, 9.17) is 4.74 Å². The van der Waals surface area contributed by atoms with Gasteiger partial charge in [0.2, 0.25) is 6.08 Å². The normalized spacial score (nSPS) is 16.6. The van der Waals surface area contributed by atoms with Gasteiger partial charge in [-0.15, -0.1) is 0 Å². The van der Waals surface area contributed by atoms with E-state index in [0.29, 0.717) is 5.56 Å². The van der Waals surface area contributed by atoms with Gasteiger partial charge >= 0.3 is 5.97 Å². The highest BCUT2D eigenvalue weighted by atomic mass is 16.5. The molecule has 0 atom stereocenters. The van der Waals surface area contributed by atoms with Gasteiger partial charge in [-0.1, -0.05) is 18.9 Å². The second kappa shape index (κ2) is 5.59. The van der Waals surface area contributed by atoms with Gasteiger partial charge in [0, 0.05) is 0 Å². The van der Waals surface area contributed by atoms with Crippen molar-refractivity contribution in [1.29, 1.82) is 0 Å². The fourth-order valence-corrected chi connectivity index (χ4v) is 2.96. The van der Waals surface area contributed by atoms with E-state index in [2.05, 4.69) is 4.99 Å². The lowest BCUT2D eigenvalue weighted by atomic mass is 9.85. The second-order valence-corrected chi connectivity index (χ2v) is 5.40. The summed E-state index contributed by atoms with van der Waals surface area (Å²) in [5.41, 5.74) is 2.87. The lowest BCUT2D eigenvalue weighted by Gasteiger charge is -2.24. The average Bonchev–Trinajstić information content (AvgIpc) is 2.91. The van der Waals surface area contributed by atoms with E-state index < -0.39 is 5.54 Å². The minimum Gasteiger partial charge on any atom is -0.465 e. The van der Waals surface area contributed by atoms with Crippen LogP contribution in [0.25, 0.3) is 0 Å². The summed E-state index contributed by atoms with van der Waals surface area (Å²) in [6, 6.07) is 3.84. The van der Waals surface area contributed by atoms with Crippen LogP contribution in [0.15, 0.2) is 17.1 Å². The predicted octanol–water partition coefficient (Wildman–Crippen LogP) is 3.20. The highest BCUT2D eigenvalue weighted by molar-refractivity contribution is 5.91. The van der Waals surface area contributed by atoms with Crippen molar-refractivity contribution in [1.82, 2.24) is 0 Å². The van der Waals surface area contributed by atoms with Gasteiger partial charge in [-0.2, -0.15) is 4.99 Å². The van der Waals surface area contributed by atoms with Crippen LogP contribution in [0.1, 0.15) is 52.7 Å². The van der Waals surface area contributed by atoms with Crippen LogP contribution in [0.4, 0.5) is 0 Å². The minimum absolute atomic E-state index is 0.351. The van der Waals surface area contributed by atoms with E-state index in [-0.39, 0.29) is 5.97 Å². The van der Waals surface area contributed by atoms with E-state index in [0.717, 1.165) is 42.4 Å². The van der Waals surface area contributed by atoms with Gasteiger partial charge in [0.15, 0.2) is 0 Å². The lowest BCUT2D eigenvalue weighted by molar-refractivity contribution is 0.0599. The van der Waals surface area contributed by atoms with Crippen LogP contribution in [0.3, 0.4) is 0 Å². The number of aryl methyl sites for hydroxylation is 1. The molecule has 4 nitrogen and oxygen atoms in total. The third kappa shape index (κ3) is 2.39. The summed E-state index contributed by atoms with van der Waals surface area (Å²) in [5.74, 6) is -0.351. The zero-order valence-corrected chi connectivity index (χ0v) is 12.2. The molecule has 4 heteroatoms. The Morgan fingerprint density at radius 1 is 1.30 bits per heavy atom. The number of rotatable bonds is 3. The molecule has 0 aromatic heterocycles. The van der Waals surface area contributed by atoms with Crippen LogP contribution < -0.4 is 0 Å². The molecule has 1 aromatic rings. The summed E-state index contributed by atoms with van der Waals surface area (Å²) in [5, 5.41) is 0. The molecule has 0 N–H and O–H groups in total. The minimum atomic E-state index is -0.511. The highest BCUT2D eigenvalue weighted by Crippen LogP contribution is 2.43. The molecular formula is C16H19NO3. The number of esters is 1. The highest BCUT2D eigenvalue weighted by Gasteiger charge is 2.36. The number of benzene rings is 1. The number of isocyanates is 1. The predicted molar refractivity (Wildman–Crippen MR) is 75.5 cm³/mol. The van der Waals surface area contributed by atoms with Crippen LogP contribution in [0.2, 0.25) is 0 Å². The summed E-state index contributed by atoms with van der Waals surface area (Å²) < 4.78 is 4.84. The molecule has 20 heavy (non-hydrogen) atoms. The molecule has 0 unspecified atom stereocenters. The molecule has 0 radical (unpaired) electrons. The van der Waals surface area contributed by atoms with Crippen molar-refractivity contribution in [3.63, 3.8) is 0 Å². The van der Waals surface area contributed by atoms with Gasteiger partial charge in [-0.25, -0.2) is 9.59 Å². The van der Waals surface area contributed by atoms with Crippen molar-refractivity contribution < 1.29 is 14.3 Å². The van der Waals surface area contributed by atoms with E-state index >= 15 is 0 Å². The van der Waals surface area contributed by atoms with Gasteiger partial charge in [-0.05, 0) is 49.4 Å². The summed E-state index contributed by atoms with van der Waals surface area (Å²) in [6.07, 6.45) is 5.42. The molecule has 0 aliphatic heterocycles. The summed E-state index contributed by atoms with van der Waals surface area (Å²) in [4.78, 5) is 26.7. The van der Waals surface area contributed by atoms with Crippen molar-refractivity contribution in [2.24, 2.45) is 4.99 Å². The monoisotopic (exact) mass is 273 g/mol. The van der Waals surface area contributed by atoms with Gasteiger partial charge < -0.3 is 4.74 Å². The smallest absolute Gasteiger partial charge is 0.338 e. The molecule has 0 amide bonds. The zero-order chi connectivity index (χ0) is 14.8. The molecule has 1 aliphatic rings. The number of aliphatic imine (C=N–C) groups is 1. The lowest BCUT2D eigenvalue weighted by Crippen LogP contribution is -2.20. The average molecular weight is 273 g/mol. The third-order valence-electron chi connectivity index (χ3n) is 4.30. The summed E-state index contributed by atoms with van der Waals surface area (Å²) in [7, 11) is 1.37. The first-order valence-electron chi connectivity index (χ1n) is 6.83. The fraction of sp³-hybridized carbons (Fsp3) is 0.500. The Bertz CT molecular complexity index is 580. The number of nitrogens with zero attached hydrogens (tertiary/aromatic N) is 1. The fourth-order valence-electron chi connectivity index (χ4n) is 2.96. The Morgan fingerprint density at radius 3 is 2.50 bits per heavy atom. The Balaban J connectivity index is 2.59. The second-order valence-electron chi connectivity index (χ2n) is 5.40. The number of carbonyl (C=O) groups excluding carboxylic acids is 2. The first kappa shape index (κ1) is 14.5. The molecule has 1 aromatic carbocycles. The van der Waals surface area contributed by atoms with Crippen molar-refractivity contribution in [2.45, 2.75) is 45.1 Å². The van der Waals surface area contributed by atoms with Crippen LogP contribution in [0, 0.1) is 13.8 Å². The van der Waals surface area contributed by atoms with Crippen molar-refractivity contribution in [3.8, 4) is 0 Å². The zero-order valence-electron chi connectivity index (χ0n) is 12.2. The maximum Gasteiger partial charge on any atom is 0.338 e. The van der Waals surface area contributed by atoms with E-state index in [1.165, 1.54) is 7.11 Å². The van der Waals surface area contributed by atoms with E-state index in [1.54, 1.807) is 6.08 Å². The molecule has 0 heterocycles. The maximum atomic E-state index is 11.9. The van der Waals surface area contributed by atoms with Gasteiger partial charge in [-0.3, -0.25) is 0 Å². The van der Waals surface area contributed by atoms with Crippen LogP contribution >= 0.6 is 0 Å². The molecule has 2 rings (SSSR count). The van der Waals surface area contributed by atoms with Gasteiger partial charge in [0.1, 0.15) is 0 Å². The number of ether oxygens (including phenoxy) is 1. The Morgan fingerprint density at radius 2 is 1.95 bits per heavy atom. The number of carbonyl (C=O) groups is 1. The first-order chi connectivity index (χ1) is 9.54. The van der Waals surface area contributed by atoms with Gasteiger partial charge in [0.05, 0.1) is 18.2 Å². The summed E-state index contributed by atoms with van der Waals surface area (Å²) in [6.45, 7) is 3.86. The van der Waals surface area contributed by atoms with Crippen molar-refractivity contribution in [2.75, 3.05) is 7.11 Å². The third-order valence-corrected chi connectivity index (χ3v) is 4.30. The Kier molecular flexibility index (Phi) is 4.05. The molecule has 0 saturated heterocycles. The number of hydrogen-bond acceptors (Lipinski definition) is 4. The van der Waals surface area contributed by atoms with Gasteiger partial charge in [0.25, 0.3) is 0 Å². The van der Waals surface area contributed by atoms with Crippen molar-refractivity contribution >= 4 is 12.0 Å². The first-order valence-corrected chi connectivity index (χ1v) is 6.83. The number of methoxy groups -OCH3 is 1. The van der Waals surface area contributed by atoms with Crippen LogP contribution in [0.5, 0.6) is 0 Å². The SMILES string of the molecule is COC(=O)c1cc(C2(N=C=O)CCCC2)cc(C)c1C. The standard InChI is InChI=1S/C16H19NO3/c1-11-8-13(9-14(12(11)2)15(19)20-3)16(17-10-18)6-4-5-7-16/h8-9H,4-7H2,1-3H3. The topological polar surface area (TPSA) is 55.7 Å². The van der Waals surface area contributed by atoms with Crippen molar-refractivity contribution in [3.05, 3.63) is 34.4 Å². The quantitative estimate of drug-likeness (QED) is 0.483. The maximum absolute atomic E-state index is 11.9. The molecule has 1 saturated carbocycles. The van der Waals surface area contributed by atoms with E-state index in [9.17, 15) is 9.59 Å². The van der Waals surface area contributed by atoms with E-state index in [1.807, 2.05) is 26.0 Å². The molecular weight excluding hydrogens is 254 g/mol. The largest absolute Gasteiger partial charge is 0.465 e. The summed E-state index contributed by atoms with van der Waals surface area (Å²) >= 11 is 0. The molecule has 1 fully saturated rings. The molecule has 0 spiro atoms. The molecule has 106 valence electrons. The Hall–Kier alpha value is -1.93. The number of hydrogen-bond donors (Lipinski definition) is 0.